The minimum Gasteiger partial charge on any atom is -0.497 e. The van der Waals surface area contributed by atoms with Gasteiger partial charge in [0, 0.05) is 0 Å². The largest absolute Gasteiger partial charge is 0.497 e. The molecule has 15 atom stereocenters. The van der Waals surface area contributed by atoms with Crippen LogP contribution in [-0.2, 0) is 81.4 Å². The fourth-order valence-corrected chi connectivity index (χ4v) is 12.8. The van der Waals surface area contributed by atoms with Crippen molar-refractivity contribution in [2.75, 3.05) is 26.9 Å². The summed E-state index contributed by atoms with van der Waals surface area (Å²) in [4.78, 5) is 76.0. The molecule has 2 amide bonds. The smallest absolute Gasteiger partial charge is 0.338 e. The number of ether oxygens (including phenoxy) is 15. The number of esters is 3. The molecule has 0 radical (unpaired) electrons. The maximum absolute atomic E-state index is 15.1. The molecule has 8 aromatic rings. The minimum absolute atomic E-state index is 0.0109. The third-order valence-electron chi connectivity index (χ3n) is 17.6. The number of amides is 2. The predicted octanol–water partition coefficient (Wildman–Crippen LogP) is 9.89. The summed E-state index contributed by atoms with van der Waals surface area (Å²) in [5.74, 6) is -4.99. The van der Waals surface area contributed by atoms with Gasteiger partial charge < -0.3 is 76.2 Å². The van der Waals surface area contributed by atoms with E-state index in [0.717, 1.165) is 21.6 Å². The molecule has 0 spiro atoms. The number of carbonyl (C=O) groups is 5. The number of rotatable bonds is 26. The Kier molecular flexibility index (Phi) is 21.9. The van der Waals surface area contributed by atoms with Gasteiger partial charge in [-0.3, -0.25) is 14.5 Å². The molecule has 5 aliphatic rings. The molecule has 5 heterocycles. The molecule has 0 bridgehead atoms. The third-order valence-corrected chi connectivity index (χ3v) is 17.6. The van der Waals surface area contributed by atoms with Gasteiger partial charge in [-0.1, -0.05) is 158 Å². The van der Waals surface area contributed by atoms with E-state index in [1.54, 1.807) is 105 Å². The molecule has 100 heavy (non-hydrogen) atoms. The van der Waals surface area contributed by atoms with E-state index < -0.39 is 134 Å². The fraction of sp³-hybridized carbons (Fsp3) is 0.321. The summed E-state index contributed by atoms with van der Waals surface area (Å²) in [6.45, 7) is 2.91. The standard InChI is InChI=1S/C78H75NO21/c1-78(2)99-64-59(46-88-43-49-26-12-5-13-27-49)93-76(68(67(64)100-78)89-44-50-28-14-6-15-29-50)90-47-60-63(95-72(83)51-30-16-7-17-31-51)66(96-73(84)52-32-18-8-19-33-52)69(97-74(85)53-34-20-9-21-35-53)77(94-60)98-65-61(79-70(81)56-36-22-23-37-57(56)71(79)82)75(91-55-40-38-54(86-3)39-41-55)92-58(62(65)80)45-87-42-48-24-10-4-11-25-48/h4-41,58-69,75-77,80H,42-47H2,1-3H3/t58-,59-,60-,61-,62+,63-,64+,65-,66+,67+,68-,69-,75-,76+,77+/m1/s1. The molecule has 4 saturated heterocycles. The summed E-state index contributed by atoms with van der Waals surface area (Å²) in [6, 6.07) is 62.9. The lowest BCUT2D eigenvalue weighted by Crippen LogP contribution is -2.70. The van der Waals surface area contributed by atoms with E-state index in [9.17, 15) is 14.7 Å². The summed E-state index contributed by atoms with van der Waals surface area (Å²) < 4.78 is 99.6. The van der Waals surface area contributed by atoms with Crippen LogP contribution in [0.4, 0.5) is 0 Å². The van der Waals surface area contributed by atoms with Gasteiger partial charge in [-0.2, -0.15) is 0 Å². The molecule has 22 heteroatoms. The number of benzene rings is 8. The molecule has 0 aromatic heterocycles. The van der Waals surface area contributed by atoms with Crippen LogP contribution >= 0.6 is 0 Å². The van der Waals surface area contributed by atoms with Crippen molar-refractivity contribution in [3.8, 4) is 11.5 Å². The first-order chi connectivity index (χ1) is 48.7. The third kappa shape index (κ3) is 16.0. The van der Waals surface area contributed by atoms with Crippen LogP contribution in [0.2, 0.25) is 0 Å². The Bertz CT molecular complexity index is 3990. The highest BCUT2D eigenvalue weighted by Crippen LogP contribution is 2.43. The molecule has 13 rings (SSSR count). The van der Waals surface area contributed by atoms with E-state index in [-0.39, 0.29) is 66.6 Å². The second-order valence-corrected chi connectivity index (χ2v) is 24.9. The monoisotopic (exact) mass is 1360 g/mol. The molecular formula is C78H75NO21. The second-order valence-electron chi connectivity index (χ2n) is 24.9. The minimum atomic E-state index is -2.06. The van der Waals surface area contributed by atoms with Crippen molar-refractivity contribution in [1.29, 1.82) is 0 Å². The zero-order valence-corrected chi connectivity index (χ0v) is 54.9. The maximum atomic E-state index is 15.1. The first-order valence-corrected chi connectivity index (χ1v) is 33.0. The summed E-state index contributed by atoms with van der Waals surface area (Å²) >= 11 is 0. The van der Waals surface area contributed by atoms with Crippen molar-refractivity contribution in [1.82, 2.24) is 4.90 Å². The molecule has 0 saturated carbocycles. The number of hydrogen-bond donors (Lipinski definition) is 1. The molecule has 8 aromatic carbocycles. The number of aliphatic hydroxyl groups excluding tert-OH is 1. The van der Waals surface area contributed by atoms with Crippen LogP contribution in [0.15, 0.2) is 231 Å². The van der Waals surface area contributed by atoms with Crippen LogP contribution in [0, 0.1) is 0 Å². The van der Waals surface area contributed by atoms with Crippen LogP contribution < -0.4 is 9.47 Å². The second kappa shape index (κ2) is 31.8. The molecule has 0 unspecified atom stereocenters. The quantitative estimate of drug-likeness (QED) is 0.0301. The van der Waals surface area contributed by atoms with Gasteiger partial charge in [0.25, 0.3) is 11.8 Å². The molecule has 0 aliphatic carbocycles. The van der Waals surface area contributed by atoms with E-state index >= 15 is 14.4 Å². The molecule has 1 N–H and O–H groups in total. The van der Waals surface area contributed by atoms with Crippen LogP contribution in [-0.4, -0.2) is 165 Å². The van der Waals surface area contributed by atoms with Crippen molar-refractivity contribution in [3.05, 3.63) is 275 Å². The van der Waals surface area contributed by atoms with Gasteiger partial charge in [0.15, 0.2) is 36.7 Å². The summed E-state index contributed by atoms with van der Waals surface area (Å²) in [5.41, 5.74) is 2.68. The summed E-state index contributed by atoms with van der Waals surface area (Å²) in [6.07, 6.45) is -21.1. The molecule has 518 valence electrons. The van der Waals surface area contributed by atoms with Gasteiger partial charge in [-0.25, -0.2) is 14.4 Å². The number of carbonyl (C=O) groups excluding carboxylic acids is 5. The van der Waals surface area contributed by atoms with E-state index in [4.69, 9.17) is 71.1 Å². The van der Waals surface area contributed by atoms with Gasteiger partial charge in [-0.15, -0.1) is 0 Å². The van der Waals surface area contributed by atoms with Crippen LogP contribution in [0.25, 0.3) is 0 Å². The average molecular weight is 1360 g/mol. The summed E-state index contributed by atoms with van der Waals surface area (Å²) in [7, 11) is 1.50. The van der Waals surface area contributed by atoms with Crippen LogP contribution in [0.1, 0.15) is 82.3 Å². The highest BCUT2D eigenvalue weighted by Gasteiger charge is 2.61. The van der Waals surface area contributed by atoms with Crippen molar-refractivity contribution in [3.63, 3.8) is 0 Å². The van der Waals surface area contributed by atoms with Gasteiger partial charge in [0.2, 0.25) is 6.29 Å². The van der Waals surface area contributed by atoms with E-state index in [2.05, 4.69) is 0 Å². The Morgan fingerprint density at radius 3 is 1.38 bits per heavy atom. The number of hydrogen-bond acceptors (Lipinski definition) is 21. The van der Waals surface area contributed by atoms with E-state index in [1.807, 2.05) is 91.0 Å². The fourth-order valence-electron chi connectivity index (χ4n) is 12.8. The van der Waals surface area contributed by atoms with Gasteiger partial charge >= 0.3 is 17.9 Å². The normalized spacial score (nSPS) is 26.8. The zero-order valence-electron chi connectivity index (χ0n) is 54.9. The molecule has 22 nitrogen and oxygen atoms in total. The molecule has 4 fully saturated rings. The lowest BCUT2D eigenvalue weighted by molar-refractivity contribution is -0.351. The van der Waals surface area contributed by atoms with Crippen molar-refractivity contribution >= 4 is 29.7 Å². The van der Waals surface area contributed by atoms with Crippen molar-refractivity contribution in [2.24, 2.45) is 0 Å². The van der Waals surface area contributed by atoms with E-state index in [1.165, 1.54) is 55.6 Å². The number of imide groups is 1. The van der Waals surface area contributed by atoms with Crippen molar-refractivity contribution in [2.45, 2.75) is 132 Å². The first kappa shape index (κ1) is 69.0. The number of aliphatic hydroxyl groups is 1. The maximum Gasteiger partial charge on any atom is 0.338 e. The highest BCUT2D eigenvalue weighted by molar-refractivity contribution is 6.21. The van der Waals surface area contributed by atoms with Crippen LogP contribution in [0.5, 0.6) is 11.5 Å². The Morgan fingerprint density at radius 2 is 0.860 bits per heavy atom. The van der Waals surface area contributed by atoms with Crippen LogP contribution in [0.3, 0.4) is 0 Å². The zero-order chi connectivity index (χ0) is 69.1. The first-order valence-electron chi connectivity index (χ1n) is 33.0. The van der Waals surface area contributed by atoms with Gasteiger partial charge in [0.1, 0.15) is 66.4 Å². The highest BCUT2D eigenvalue weighted by atomic mass is 16.8. The Balaban J connectivity index is 0.936. The van der Waals surface area contributed by atoms with Gasteiger partial charge in [0.05, 0.1) is 74.6 Å². The number of methoxy groups -OCH3 is 1. The number of fused-ring (bicyclic) bond motifs is 2. The SMILES string of the molecule is COc1ccc(O[C@@H]2O[C@H](COCc3ccccc3)[C@H](O)[C@H](O[C@@H]3O[C@H](CO[C@H]4O[C@H](COCc5ccccc5)[C@@H]5OC(C)(C)O[C@@H]5[C@H]4OCc4ccccc4)[C@@H](OC(=O)c4ccccc4)[C@H](OC(=O)c4ccccc4)[C@H]3OC(=O)c3ccccc3)[C@H]2N2C(=O)c3ccccc3C2=O)cc1. The molecule has 5 aliphatic heterocycles. The van der Waals surface area contributed by atoms with Gasteiger partial charge in [-0.05, 0) is 103 Å². The predicted molar refractivity (Wildman–Crippen MR) is 355 cm³/mol. The topological polar surface area (TPSA) is 247 Å². The average Bonchev–Trinajstić information content (AvgIpc) is 1.61. The Hall–Kier alpha value is -9.53. The Labute approximate surface area is 577 Å². The lowest BCUT2D eigenvalue weighted by atomic mass is 9.93. The number of nitrogens with zero attached hydrogens (tertiary/aromatic N) is 1. The van der Waals surface area contributed by atoms with E-state index in [0.29, 0.717) is 5.75 Å². The Morgan fingerprint density at radius 1 is 0.430 bits per heavy atom. The van der Waals surface area contributed by atoms with Crippen molar-refractivity contribution < 1.29 is 100 Å². The molecular weight excluding hydrogens is 1290 g/mol. The summed E-state index contributed by atoms with van der Waals surface area (Å²) in [5, 5.41) is 13.2. The lowest BCUT2D eigenvalue weighted by Gasteiger charge is -2.50.